The Balaban J connectivity index is 1.53. The zero-order valence-electron chi connectivity index (χ0n) is 19.1. The Labute approximate surface area is 202 Å². The third kappa shape index (κ3) is 5.97. The fraction of sp³-hybridized carbons (Fsp3) is 0.304. The van der Waals surface area contributed by atoms with Gasteiger partial charge in [-0.05, 0) is 44.0 Å². The summed E-state index contributed by atoms with van der Waals surface area (Å²) in [4.78, 5) is 16.7. The zero-order chi connectivity index (χ0) is 25.9. The maximum Gasteiger partial charge on any atom is 0.411 e. The number of aromatic nitrogens is 3. The van der Waals surface area contributed by atoms with Gasteiger partial charge in [0.25, 0.3) is 5.91 Å². The van der Waals surface area contributed by atoms with Crippen molar-refractivity contribution in [3.05, 3.63) is 60.2 Å². The van der Waals surface area contributed by atoms with E-state index in [2.05, 4.69) is 32.6 Å². The third-order valence-electron chi connectivity index (χ3n) is 5.46. The van der Waals surface area contributed by atoms with Crippen LogP contribution in [0.3, 0.4) is 0 Å². The number of rotatable bonds is 9. The van der Waals surface area contributed by atoms with E-state index < -0.39 is 30.7 Å². The van der Waals surface area contributed by atoms with E-state index in [0.29, 0.717) is 24.2 Å². The number of anilines is 1. The molecular weight excluding hydrogens is 484 g/mol. The van der Waals surface area contributed by atoms with Crippen LogP contribution in [-0.4, -0.2) is 46.3 Å². The van der Waals surface area contributed by atoms with Crippen LogP contribution in [0.1, 0.15) is 42.1 Å². The Morgan fingerprint density at radius 3 is 2.75 bits per heavy atom. The minimum absolute atomic E-state index is 0.0134. The number of halogens is 4. The number of hydrogen-bond acceptors (Lipinski definition) is 7. The van der Waals surface area contributed by atoms with Crippen molar-refractivity contribution >= 4 is 23.9 Å². The van der Waals surface area contributed by atoms with Crippen LogP contribution in [0.25, 0.3) is 17.0 Å². The van der Waals surface area contributed by atoms with Crippen molar-refractivity contribution < 1.29 is 31.5 Å². The van der Waals surface area contributed by atoms with E-state index in [1.54, 1.807) is 19.2 Å². The minimum Gasteiger partial charge on any atom is -0.451 e. The molecule has 1 aliphatic rings. The van der Waals surface area contributed by atoms with Gasteiger partial charge < -0.3 is 14.5 Å². The lowest BCUT2D eigenvalue weighted by atomic mass is 9.89. The lowest BCUT2D eigenvalue weighted by Gasteiger charge is -2.35. The number of amides is 1. The van der Waals surface area contributed by atoms with E-state index in [9.17, 15) is 22.4 Å². The van der Waals surface area contributed by atoms with E-state index in [1.807, 2.05) is 0 Å². The number of alkyl halides is 3. The van der Waals surface area contributed by atoms with Gasteiger partial charge in [-0.1, -0.05) is 6.07 Å². The lowest BCUT2D eigenvalue weighted by molar-refractivity contribution is -0.196. The van der Waals surface area contributed by atoms with E-state index in [4.69, 9.17) is 9.15 Å². The molecule has 1 amide bonds. The number of carbonyl (C=O) groups is 1. The lowest BCUT2D eigenvalue weighted by Crippen LogP contribution is -2.36. The van der Waals surface area contributed by atoms with E-state index in [1.165, 1.54) is 35.1 Å². The van der Waals surface area contributed by atoms with E-state index in [-0.39, 0.29) is 28.9 Å². The molecule has 1 fully saturated rings. The number of hydrazone groups is 1. The van der Waals surface area contributed by atoms with Crippen molar-refractivity contribution in [3.8, 4) is 11.4 Å². The molecule has 4 rings (SSSR count). The average molecular weight is 506 g/mol. The van der Waals surface area contributed by atoms with Gasteiger partial charge in [-0.15, -0.1) is 0 Å². The van der Waals surface area contributed by atoms with Gasteiger partial charge in [-0.25, -0.2) is 4.98 Å². The molecule has 2 N–H and O–H groups in total. The van der Waals surface area contributed by atoms with Gasteiger partial charge in [-0.3, -0.25) is 14.9 Å². The monoisotopic (exact) mass is 506 g/mol. The highest BCUT2D eigenvalue weighted by Crippen LogP contribution is 2.37. The summed E-state index contributed by atoms with van der Waals surface area (Å²) in [5.74, 6) is -0.872. The van der Waals surface area contributed by atoms with Gasteiger partial charge >= 0.3 is 6.18 Å². The number of allylic oxidation sites excluding steroid dienone is 1. The van der Waals surface area contributed by atoms with Gasteiger partial charge in [0.2, 0.25) is 5.95 Å². The maximum atomic E-state index is 13.8. The molecule has 36 heavy (non-hydrogen) atoms. The molecule has 3 aromatic heterocycles. The number of carbonyl (C=O) groups excluding carboxylic acids is 1. The number of furan rings is 1. The first-order valence-electron chi connectivity index (χ1n) is 10.8. The summed E-state index contributed by atoms with van der Waals surface area (Å²) in [6.07, 6.45) is -1.26. The molecule has 1 aliphatic carbocycles. The molecule has 3 aromatic rings. The largest absolute Gasteiger partial charge is 0.451 e. The summed E-state index contributed by atoms with van der Waals surface area (Å²) in [6.45, 7) is 3.74. The van der Waals surface area contributed by atoms with Gasteiger partial charge in [0, 0.05) is 24.7 Å². The van der Waals surface area contributed by atoms with Crippen molar-refractivity contribution in [1.82, 2.24) is 20.2 Å². The third-order valence-corrected chi connectivity index (χ3v) is 5.46. The number of pyridine rings is 1. The highest BCUT2D eigenvalue weighted by atomic mass is 19.4. The molecular formula is C23H22F4N6O3. The van der Waals surface area contributed by atoms with Gasteiger partial charge in [-0.2, -0.15) is 27.8 Å². The molecule has 0 spiro atoms. The first-order valence-corrected chi connectivity index (χ1v) is 10.8. The molecule has 0 unspecified atom stereocenters. The maximum absolute atomic E-state index is 13.8. The van der Waals surface area contributed by atoms with Crippen LogP contribution < -0.4 is 10.7 Å². The van der Waals surface area contributed by atoms with Crippen molar-refractivity contribution in [1.29, 1.82) is 0 Å². The average Bonchev–Trinajstić information content (AvgIpc) is 3.43. The van der Waals surface area contributed by atoms with Crippen LogP contribution >= 0.6 is 0 Å². The van der Waals surface area contributed by atoms with Crippen LogP contribution in [0.2, 0.25) is 0 Å². The quantitative estimate of drug-likeness (QED) is 0.187. The van der Waals surface area contributed by atoms with Crippen LogP contribution in [0, 0.1) is 5.95 Å². The molecule has 3 heterocycles. The van der Waals surface area contributed by atoms with Crippen molar-refractivity contribution in [2.75, 3.05) is 11.9 Å². The Morgan fingerprint density at radius 2 is 2.06 bits per heavy atom. The fourth-order valence-corrected chi connectivity index (χ4v) is 3.57. The smallest absolute Gasteiger partial charge is 0.411 e. The second-order valence-corrected chi connectivity index (χ2v) is 8.12. The van der Waals surface area contributed by atoms with Gasteiger partial charge in [0.05, 0.1) is 23.5 Å². The summed E-state index contributed by atoms with van der Waals surface area (Å²) < 4.78 is 62.9. The highest BCUT2D eigenvalue weighted by Gasteiger charge is 2.37. The molecule has 0 aliphatic heterocycles. The van der Waals surface area contributed by atoms with Crippen molar-refractivity contribution in [3.63, 3.8) is 0 Å². The van der Waals surface area contributed by atoms with Gasteiger partial charge in [0.15, 0.2) is 5.76 Å². The number of nitrogens with one attached hydrogen (secondary N) is 2. The second-order valence-electron chi connectivity index (χ2n) is 8.12. The Hall–Kier alpha value is -4.00. The first kappa shape index (κ1) is 25.1. The molecule has 0 atom stereocenters. The van der Waals surface area contributed by atoms with Crippen LogP contribution in [0.5, 0.6) is 0 Å². The van der Waals surface area contributed by atoms with E-state index in [0.717, 1.165) is 0 Å². The summed E-state index contributed by atoms with van der Waals surface area (Å²) in [7, 11) is 0. The fourth-order valence-electron chi connectivity index (χ4n) is 3.57. The molecule has 1 saturated carbocycles. The van der Waals surface area contributed by atoms with Crippen molar-refractivity contribution in [2.24, 2.45) is 5.10 Å². The predicted octanol–water partition coefficient (Wildman–Crippen LogP) is 4.78. The molecule has 13 heteroatoms. The molecule has 0 bridgehead atoms. The molecule has 9 nitrogen and oxygen atoms in total. The number of hydrogen-bond donors (Lipinski definition) is 2. The van der Waals surface area contributed by atoms with Crippen LogP contribution in [-0.2, 0) is 4.74 Å². The summed E-state index contributed by atoms with van der Waals surface area (Å²) in [5.41, 5.74) is 3.86. The number of ether oxygens (including phenoxy) is 1. The van der Waals surface area contributed by atoms with Crippen molar-refractivity contribution in [2.45, 2.75) is 38.1 Å². The topological polar surface area (TPSA) is 107 Å². The molecule has 0 radical (unpaired) electrons. The SMILES string of the molecule is C=NN/C=C(\C)c1ccc(C(=O)Nc2cn(C3CC(OCC(F)(F)F)C3)nc2-c2cccc(F)n2)o1. The molecule has 0 aromatic carbocycles. The van der Waals surface area contributed by atoms with Gasteiger partial charge in [0.1, 0.15) is 18.1 Å². The number of nitrogens with zero attached hydrogens (tertiary/aromatic N) is 4. The minimum atomic E-state index is -4.40. The normalized spacial score (nSPS) is 18.0. The summed E-state index contributed by atoms with van der Waals surface area (Å²) in [5, 5.41) is 10.6. The predicted molar refractivity (Wildman–Crippen MR) is 122 cm³/mol. The molecule has 0 saturated heterocycles. The standard InChI is InChI=1S/C23H22F4N6O3/c1-13(10-29-28-2)18-6-7-19(36-18)22(34)31-17-11-33(14-8-15(9-14)35-12-23(25,26)27)32-21(17)16-4-3-5-20(24)30-16/h3-7,10-11,14-15,29H,2,8-9,12H2,1H3,(H,31,34)/b13-10+. The van der Waals surface area contributed by atoms with E-state index >= 15 is 0 Å². The summed E-state index contributed by atoms with van der Waals surface area (Å²) >= 11 is 0. The zero-order valence-corrected chi connectivity index (χ0v) is 19.1. The van der Waals surface area contributed by atoms with Crippen LogP contribution in [0.4, 0.5) is 23.2 Å². The molecule has 190 valence electrons. The Kier molecular flexibility index (Phi) is 7.20. The Morgan fingerprint density at radius 1 is 1.31 bits per heavy atom. The summed E-state index contributed by atoms with van der Waals surface area (Å²) in [6, 6.07) is 7.00. The highest BCUT2D eigenvalue weighted by molar-refractivity contribution is 6.04. The van der Waals surface area contributed by atoms with Crippen LogP contribution in [0.15, 0.2) is 52.2 Å². The Bertz CT molecular complexity index is 1280. The first-order chi connectivity index (χ1) is 17.1. The second kappa shape index (κ2) is 10.3.